The Morgan fingerprint density at radius 2 is 1.31 bits per heavy atom. The van der Waals surface area contributed by atoms with Crippen LogP contribution in [0.25, 0.3) is 10.8 Å². The minimum atomic E-state index is -2.59. The van der Waals surface area contributed by atoms with Gasteiger partial charge in [-0.15, -0.1) is 0 Å². The molecule has 1 nitrogen and oxygen atoms in total. The van der Waals surface area contributed by atoms with Crippen LogP contribution in [0.4, 0.5) is 0 Å². The van der Waals surface area contributed by atoms with Gasteiger partial charge in [0.1, 0.15) is 0 Å². The highest BCUT2D eigenvalue weighted by atomic mass is 28.4. The molecule has 0 saturated heterocycles. The lowest BCUT2D eigenvalue weighted by atomic mass is 9.71. The smallest absolute Gasteiger partial charge is 0.319 e. The number of hydrogen-bond donors (Lipinski definition) is 0. The van der Waals surface area contributed by atoms with E-state index in [-0.39, 0.29) is 10.5 Å². The van der Waals surface area contributed by atoms with E-state index in [0.29, 0.717) is 0 Å². The molecule has 4 aromatic rings. The van der Waals surface area contributed by atoms with Gasteiger partial charge in [0.25, 0.3) is 0 Å². The van der Waals surface area contributed by atoms with Crippen molar-refractivity contribution in [3.05, 3.63) is 121 Å². The Bertz CT molecular complexity index is 1290. The summed E-state index contributed by atoms with van der Waals surface area (Å²) in [5, 5.41) is 5.23. The molecule has 4 aromatic carbocycles. The normalized spacial score (nSPS) is 18.5. The molecule has 178 valence electrons. The minimum absolute atomic E-state index is 0.0387. The molecule has 0 unspecified atom stereocenters. The fourth-order valence-corrected chi connectivity index (χ4v) is 10.2. The van der Waals surface area contributed by atoms with Crippen LogP contribution in [-0.4, -0.2) is 8.32 Å². The van der Waals surface area contributed by atoms with Crippen molar-refractivity contribution in [2.75, 3.05) is 0 Å². The second kappa shape index (κ2) is 9.16. The summed E-state index contributed by atoms with van der Waals surface area (Å²) in [5.74, 6) is 0. The topological polar surface area (TPSA) is 9.23 Å². The first-order valence-corrected chi connectivity index (χ1v) is 14.7. The molecule has 0 spiro atoms. The monoisotopic (exact) mass is 476 g/mol. The van der Waals surface area contributed by atoms with Crippen molar-refractivity contribution in [1.82, 2.24) is 0 Å². The molecule has 35 heavy (non-hydrogen) atoms. The molecule has 0 N–H and O–H groups in total. The third-order valence-electron chi connectivity index (χ3n) is 7.83. The van der Waals surface area contributed by atoms with Crippen LogP contribution >= 0.6 is 0 Å². The third-order valence-corrected chi connectivity index (χ3v) is 12.7. The van der Waals surface area contributed by atoms with Crippen molar-refractivity contribution < 1.29 is 4.43 Å². The summed E-state index contributed by atoms with van der Waals surface area (Å²) in [4.78, 5) is 0. The van der Waals surface area contributed by atoms with Crippen molar-refractivity contribution in [3.8, 4) is 0 Å². The Kier molecular flexibility index (Phi) is 6.19. The molecule has 1 aliphatic carbocycles. The van der Waals surface area contributed by atoms with Crippen LogP contribution in [0.5, 0.6) is 0 Å². The van der Waals surface area contributed by atoms with E-state index in [1.807, 2.05) is 0 Å². The molecule has 0 fully saturated rings. The van der Waals surface area contributed by atoms with Gasteiger partial charge in [-0.2, -0.15) is 0 Å². The van der Waals surface area contributed by atoms with Gasteiger partial charge < -0.3 is 4.43 Å². The number of fused-ring (bicyclic) bond motifs is 2. The lowest BCUT2D eigenvalue weighted by molar-refractivity contribution is 0.422. The van der Waals surface area contributed by atoms with E-state index in [9.17, 15) is 0 Å². The second-order valence-corrected chi connectivity index (χ2v) is 15.5. The summed E-state index contributed by atoms with van der Waals surface area (Å²) in [6.07, 6.45) is 7.89. The molecule has 0 aliphatic heterocycles. The van der Waals surface area contributed by atoms with Crippen LogP contribution in [-0.2, 0) is 16.3 Å². The standard InChI is InChI=1S/C33H36OSi/c1-32(2,3)35(29-17-7-5-8-18-29,30-19-9-6-10-20-30)34-23-22-33(4)21-13-16-28-24-26-14-11-12-15-27(26)25-31(28)33/h5-12,14-15,17-20,22-25H,13,16,21H2,1-4H3/b23-22+/t33-/m0/s1. The molecule has 2 heteroatoms. The van der Waals surface area contributed by atoms with Crippen molar-refractivity contribution in [1.29, 1.82) is 0 Å². The predicted molar refractivity (Wildman–Crippen MR) is 152 cm³/mol. The van der Waals surface area contributed by atoms with Crippen LogP contribution in [0.2, 0.25) is 5.04 Å². The summed E-state index contributed by atoms with van der Waals surface area (Å²) in [7, 11) is -2.59. The van der Waals surface area contributed by atoms with Crippen LogP contribution < -0.4 is 10.4 Å². The summed E-state index contributed by atoms with van der Waals surface area (Å²) >= 11 is 0. The summed E-state index contributed by atoms with van der Waals surface area (Å²) in [6, 6.07) is 35.3. The molecule has 0 aromatic heterocycles. The number of hydrogen-bond acceptors (Lipinski definition) is 1. The average molecular weight is 477 g/mol. The van der Waals surface area contributed by atoms with Crippen LogP contribution in [0.1, 0.15) is 51.7 Å². The van der Waals surface area contributed by atoms with Gasteiger partial charge in [-0.3, -0.25) is 0 Å². The summed E-state index contributed by atoms with van der Waals surface area (Å²) < 4.78 is 7.10. The first kappa shape index (κ1) is 23.6. The van der Waals surface area contributed by atoms with Crippen LogP contribution in [0.15, 0.2) is 109 Å². The van der Waals surface area contributed by atoms with Gasteiger partial charge in [0.05, 0.1) is 6.26 Å². The highest BCUT2D eigenvalue weighted by Gasteiger charge is 2.51. The highest BCUT2D eigenvalue weighted by Crippen LogP contribution is 2.41. The van der Waals surface area contributed by atoms with Crippen molar-refractivity contribution in [3.63, 3.8) is 0 Å². The van der Waals surface area contributed by atoms with Crippen molar-refractivity contribution in [2.45, 2.75) is 57.4 Å². The molecule has 0 amide bonds. The van der Waals surface area contributed by atoms with E-state index in [0.717, 1.165) is 12.8 Å². The van der Waals surface area contributed by atoms with Gasteiger partial charge >= 0.3 is 8.32 Å². The highest BCUT2D eigenvalue weighted by molar-refractivity contribution is 6.99. The fraction of sp³-hybridized carbons (Fsp3) is 0.273. The van der Waals surface area contributed by atoms with Gasteiger partial charge in [0.2, 0.25) is 0 Å². The largest absolute Gasteiger partial charge is 0.540 e. The molecular weight excluding hydrogens is 440 g/mol. The van der Waals surface area contributed by atoms with Gasteiger partial charge in [-0.05, 0) is 62.6 Å². The zero-order valence-corrected chi connectivity index (χ0v) is 22.4. The van der Waals surface area contributed by atoms with Gasteiger partial charge in [0.15, 0.2) is 0 Å². The quantitative estimate of drug-likeness (QED) is 0.214. The maximum atomic E-state index is 7.10. The zero-order valence-electron chi connectivity index (χ0n) is 21.4. The number of benzene rings is 4. The van der Waals surface area contributed by atoms with Crippen LogP contribution in [0, 0.1) is 0 Å². The third kappa shape index (κ3) is 4.25. The Balaban J connectivity index is 1.58. The predicted octanol–water partition coefficient (Wildman–Crippen LogP) is 7.52. The zero-order chi connectivity index (χ0) is 24.5. The Hall–Kier alpha value is -3.10. The van der Waals surface area contributed by atoms with E-state index in [2.05, 4.69) is 137 Å². The Labute approximate surface area is 211 Å². The molecular formula is C33H36OSi. The molecule has 1 atom stereocenters. The van der Waals surface area contributed by atoms with E-state index in [1.54, 1.807) is 0 Å². The van der Waals surface area contributed by atoms with E-state index in [1.165, 1.54) is 38.7 Å². The first-order valence-electron chi connectivity index (χ1n) is 12.8. The Morgan fingerprint density at radius 3 is 1.89 bits per heavy atom. The van der Waals surface area contributed by atoms with Crippen LogP contribution in [0.3, 0.4) is 0 Å². The molecule has 0 saturated carbocycles. The minimum Gasteiger partial charge on any atom is -0.540 e. The van der Waals surface area contributed by atoms with Gasteiger partial charge in [0, 0.05) is 5.41 Å². The van der Waals surface area contributed by atoms with Crippen molar-refractivity contribution in [2.24, 2.45) is 0 Å². The molecule has 1 aliphatic rings. The lowest BCUT2D eigenvalue weighted by Crippen LogP contribution is -2.65. The SMILES string of the molecule is CC(C)(C)[Si](O/C=C/[C@]1(C)CCCc2cc3ccccc3cc21)(c1ccccc1)c1ccccc1. The number of rotatable bonds is 5. The fourth-order valence-electron chi connectivity index (χ4n) is 5.96. The first-order chi connectivity index (χ1) is 16.8. The van der Waals surface area contributed by atoms with E-state index in [4.69, 9.17) is 4.43 Å². The van der Waals surface area contributed by atoms with Crippen molar-refractivity contribution >= 4 is 29.5 Å². The second-order valence-electron chi connectivity index (χ2n) is 11.2. The maximum absolute atomic E-state index is 7.10. The lowest BCUT2D eigenvalue weighted by Gasteiger charge is -2.42. The van der Waals surface area contributed by atoms with E-state index >= 15 is 0 Å². The summed E-state index contributed by atoms with van der Waals surface area (Å²) in [5.41, 5.74) is 2.89. The number of allylic oxidation sites excluding steroid dienone is 1. The Morgan fingerprint density at radius 1 is 0.771 bits per heavy atom. The molecule has 5 rings (SSSR count). The maximum Gasteiger partial charge on any atom is 0.319 e. The molecule has 0 heterocycles. The number of aryl methyl sites for hydroxylation is 1. The molecule has 0 radical (unpaired) electrons. The molecule has 0 bridgehead atoms. The van der Waals surface area contributed by atoms with Gasteiger partial charge in [-0.25, -0.2) is 0 Å². The van der Waals surface area contributed by atoms with E-state index < -0.39 is 8.32 Å². The van der Waals surface area contributed by atoms with Gasteiger partial charge in [-0.1, -0.05) is 125 Å². The summed E-state index contributed by atoms with van der Waals surface area (Å²) in [6.45, 7) is 9.37. The average Bonchev–Trinajstić information content (AvgIpc) is 2.86.